The molecule has 1 heterocycles. The molecule has 0 unspecified atom stereocenters. The Morgan fingerprint density at radius 1 is 1.12 bits per heavy atom. The number of methoxy groups -OCH3 is 1. The second-order valence-electron chi connectivity index (χ2n) is 5.96. The molecule has 0 aromatic heterocycles. The number of anilines is 2. The quantitative estimate of drug-likeness (QED) is 0.878. The third kappa shape index (κ3) is 2.85. The number of benzene rings is 2. The molecule has 1 aliphatic rings. The first-order chi connectivity index (χ1) is 11.5. The number of amides is 2. The maximum absolute atomic E-state index is 12.8. The molecule has 1 N–H and O–H groups in total. The van der Waals surface area contributed by atoms with Crippen LogP contribution in [-0.4, -0.2) is 25.0 Å². The summed E-state index contributed by atoms with van der Waals surface area (Å²) >= 11 is 0. The number of aryl methyl sites for hydroxylation is 2. The highest BCUT2D eigenvalue weighted by Gasteiger charge is 2.40. The molecule has 3 rings (SSSR count). The van der Waals surface area contributed by atoms with Crippen molar-refractivity contribution in [3.63, 3.8) is 0 Å². The molecule has 1 atom stereocenters. The number of imide groups is 1. The topological polar surface area (TPSA) is 58.6 Å². The van der Waals surface area contributed by atoms with Gasteiger partial charge in [-0.1, -0.05) is 29.8 Å². The van der Waals surface area contributed by atoms with Crippen molar-refractivity contribution < 1.29 is 14.3 Å². The lowest BCUT2D eigenvalue weighted by Gasteiger charge is -2.19. The van der Waals surface area contributed by atoms with Gasteiger partial charge in [-0.25, -0.2) is 4.90 Å². The number of hydrogen-bond donors (Lipinski definition) is 1. The van der Waals surface area contributed by atoms with E-state index < -0.39 is 6.04 Å². The third-order valence-electron chi connectivity index (χ3n) is 4.18. The zero-order valence-electron chi connectivity index (χ0n) is 14.0. The number of nitrogens with zero attached hydrogens (tertiary/aromatic N) is 1. The van der Waals surface area contributed by atoms with Gasteiger partial charge in [0, 0.05) is 0 Å². The van der Waals surface area contributed by atoms with Crippen molar-refractivity contribution in [3.05, 3.63) is 53.6 Å². The van der Waals surface area contributed by atoms with Gasteiger partial charge in [-0.05, 0) is 37.6 Å². The number of para-hydroxylation sites is 2. The van der Waals surface area contributed by atoms with Gasteiger partial charge in [0.15, 0.2) is 0 Å². The van der Waals surface area contributed by atoms with Gasteiger partial charge in [0.2, 0.25) is 5.91 Å². The fourth-order valence-corrected chi connectivity index (χ4v) is 3.01. The van der Waals surface area contributed by atoms with Gasteiger partial charge in [-0.15, -0.1) is 0 Å². The fourth-order valence-electron chi connectivity index (χ4n) is 3.01. The van der Waals surface area contributed by atoms with Crippen LogP contribution in [-0.2, 0) is 9.59 Å². The van der Waals surface area contributed by atoms with E-state index in [1.54, 1.807) is 7.11 Å². The Balaban J connectivity index is 1.86. The van der Waals surface area contributed by atoms with Crippen molar-refractivity contribution in [2.75, 3.05) is 17.3 Å². The van der Waals surface area contributed by atoms with Crippen molar-refractivity contribution >= 4 is 23.2 Å². The molecule has 1 aliphatic heterocycles. The highest BCUT2D eigenvalue weighted by atomic mass is 16.5. The van der Waals surface area contributed by atoms with Gasteiger partial charge in [0.25, 0.3) is 5.91 Å². The van der Waals surface area contributed by atoms with E-state index in [1.807, 2.05) is 56.3 Å². The van der Waals surface area contributed by atoms with E-state index in [-0.39, 0.29) is 18.2 Å². The third-order valence-corrected chi connectivity index (χ3v) is 4.18. The molecule has 1 fully saturated rings. The maximum Gasteiger partial charge on any atom is 0.256 e. The number of rotatable bonds is 4. The molecule has 1 saturated heterocycles. The Morgan fingerprint density at radius 3 is 2.58 bits per heavy atom. The van der Waals surface area contributed by atoms with Crippen LogP contribution in [0.5, 0.6) is 5.75 Å². The number of carbonyl (C=O) groups excluding carboxylic acids is 2. The molecule has 0 spiro atoms. The van der Waals surface area contributed by atoms with E-state index in [2.05, 4.69) is 5.32 Å². The van der Waals surface area contributed by atoms with Gasteiger partial charge in [0.05, 0.1) is 24.9 Å². The number of hydrogen-bond acceptors (Lipinski definition) is 4. The van der Waals surface area contributed by atoms with E-state index in [4.69, 9.17) is 4.74 Å². The molecule has 5 nitrogen and oxygen atoms in total. The van der Waals surface area contributed by atoms with Crippen molar-refractivity contribution in [2.24, 2.45) is 0 Å². The van der Waals surface area contributed by atoms with Crippen molar-refractivity contribution in [1.82, 2.24) is 0 Å². The SMILES string of the molecule is COc1ccccc1N[C@H]1CC(=O)N(c2ccc(C)cc2C)C1=O. The minimum absolute atomic E-state index is 0.129. The molecule has 2 aromatic carbocycles. The van der Waals surface area contributed by atoms with Crippen LogP contribution >= 0.6 is 0 Å². The Morgan fingerprint density at radius 2 is 1.88 bits per heavy atom. The predicted octanol–water partition coefficient (Wildman–Crippen LogP) is 3.06. The average molecular weight is 324 g/mol. The molecule has 0 radical (unpaired) electrons. The summed E-state index contributed by atoms with van der Waals surface area (Å²) in [6, 6.07) is 12.5. The summed E-state index contributed by atoms with van der Waals surface area (Å²) in [7, 11) is 1.57. The second kappa shape index (κ2) is 6.35. The number of ether oxygens (including phenoxy) is 1. The van der Waals surface area contributed by atoms with Crippen molar-refractivity contribution in [3.8, 4) is 5.75 Å². The molecule has 2 amide bonds. The fraction of sp³-hybridized carbons (Fsp3) is 0.263. The monoisotopic (exact) mass is 324 g/mol. The van der Waals surface area contributed by atoms with Crippen LogP contribution in [0.3, 0.4) is 0 Å². The van der Waals surface area contributed by atoms with Crippen LogP contribution in [0.15, 0.2) is 42.5 Å². The van der Waals surface area contributed by atoms with Crippen molar-refractivity contribution in [1.29, 1.82) is 0 Å². The molecule has 0 saturated carbocycles. The first-order valence-electron chi connectivity index (χ1n) is 7.85. The number of nitrogens with one attached hydrogen (secondary N) is 1. The minimum Gasteiger partial charge on any atom is -0.495 e. The summed E-state index contributed by atoms with van der Waals surface area (Å²) in [6.45, 7) is 3.89. The lowest BCUT2D eigenvalue weighted by molar-refractivity contribution is -0.121. The normalized spacial score (nSPS) is 17.3. The number of carbonyl (C=O) groups is 2. The zero-order valence-corrected chi connectivity index (χ0v) is 14.0. The van der Waals surface area contributed by atoms with E-state index in [0.717, 1.165) is 11.1 Å². The molecule has 5 heteroatoms. The highest BCUT2D eigenvalue weighted by Crippen LogP contribution is 2.30. The lowest BCUT2D eigenvalue weighted by Crippen LogP contribution is -2.35. The van der Waals surface area contributed by atoms with Crippen molar-refractivity contribution in [2.45, 2.75) is 26.3 Å². The van der Waals surface area contributed by atoms with Crippen LogP contribution in [0.4, 0.5) is 11.4 Å². The van der Waals surface area contributed by atoms with E-state index >= 15 is 0 Å². The van der Waals surface area contributed by atoms with Gasteiger partial charge < -0.3 is 10.1 Å². The summed E-state index contributed by atoms with van der Waals surface area (Å²) in [6.07, 6.45) is 0.129. The highest BCUT2D eigenvalue weighted by molar-refractivity contribution is 6.23. The van der Waals surface area contributed by atoms with Crippen LogP contribution < -0.4 is 15.0 Å². The Bertz CT molecular complexity index is 801. The molecule has 0 bridgehead atoms. The summed E-state index contributed by atoms with van der Waals surface area (Å²) in [4.78, 5) is 26.5. The average Bonchev–Trinajstić information content (AvgIpc) is 2.83. The van der Waals surface area contributed by atoms with Crippen LogP contribution in [0, 0.1) is 13.8 Å². The van der Waals surface area contributed by atoms with Gasteiger partial charge in [-0.2, -0.15) is 0 Å². The first kappa shape index (κ1) is 16.1. The van der Waals surface area contributed by atoms with Gasteiger partial charge in [0.1, 0.15) is 11.8 Å². The van der Waals surface area contributed by atoms with Gasteiger partial charge >= 0.3 is 0 Å². The molecule has 124 valence electrons. The Hall–Kier alpha value is -2.82. The Kier molecular flexibility index (Phi) is 4.25. The molecular formula is C19H20N2O3. The largest absolute Gasteiger partial charge is 0.495 e. The zero-order chi connectivity index (χ0) is 17.3. The van der Waals surface area contributed by atoms with E-state index in [9.17, 15) is 9.59 Å². The van der Waals surface area contributed by atoms with Crippen LogP contribution in [0.25, 0.3) is 0 Å². The first-order valence-corrected chi connectivity index (χ1v) is 7.85. The molecule has 0 aliphatic carbocycles. The Labute approximate surface area is 141 Å². The summed E-state index contributed by atoms with van der Waals surface area (Å²) < 4.78 is 5.29. The van der Waals surface area contributed by atoms with E-state index in [1.165, 1.54) is 4.90 Å². The molecule has 24 heavy (non-hydrogen) atoms. The van der Waals surface area contributed by atoms with E-state index in [0.29, 0.717) is 17.1 Å². The lowest BCUT2D eigenvalue weighted by atomic mass is 10.1. The summed E-state index contributed by atoms with van der Waals surface area (Å²) in [5.74, 6) is 0.208. The smallest absolute Gasteiger partial charge is 0.256 e. The second-order valence-corrected chi connectivity index (χ2v) is 5.96. The maximum atomic E-state index is 12.8. The van der Waals surface area contributed by atoms with Crippen LogP contribution in [0.1, 0.15) is 17.5 Å². The molecular weight excluding hydrogens is 304 g/mol. The van der Waals surface area contributed by atoms with Gasteiger partial charge in [-0.3, -0.25) is 9.59 Å². The minimum atomic E-state index is -0.588. The summed E-state index contributed by atoms with van der Waals surface area (Å²) in [5, 5.41) is 3.13. The standard InChI is InChI=1S/C19H20N2O3/c1-12-8-9-16(13(2)10-12)21-18(22)11-15(19(21)23)20-14-6-4-5-7-17(14)24-3/h4-10,15,20H,11H2,1-3H3/t15-/m0/s1. The predicted molar refractivity (Wildman–Crippen MR) is 93.4 cm³/mol. The molecule has 2 aromatic rings. The van der Waals surface area contributed by atoms with Crippen LogP contribution in [0.2, 0.25) is 0 Å². The summed E-state index contributed by atoms with van der Waals surface area (Å²) in [5.41, 5.74) is 3.36.